The molecule has 36 heavy (non-hydrogen) atoms. The van der Waals surface area contributed by atoms with Gasteiger partial charge in [-0.1, -0.05) is 42.1 Å². The fourth-order valence-corrected chi connectivity index (χ4v) is 5.23. The molecule has 0 bridgehead atoms. The molecular weight excluding hydrogens is 468 g/mol. The first-order valence-electron chi connectivity index (χ1n) is 11.8. The van der Waals surface area contributed by atoms with Gasteiger partial charge in [0.1, 0.15) is 11.3 Å². The van der Waals surface area contributed by atoms with Gasteiger partial charge in [-0.2, -0.15) is 0 Å². The number of hydrogen-bond donors (Lipinski definition) is 2. The van der Waals surface area contributed by atoms with Crippen LogP contribution in [0.1, 0.15) is 12.1 Å². The van der Waals surface area contributed by atoms with Crippen LogP contribution in [0.25, 0.3) is 27.4 Å². The SMILES string of the molecule is COc1cnc2c(Sc3ccc(Nc4nnc(C5=CCNCC5)c5ccccc45)cc3)ccnc2c1. The van der Waals surface area contributed by atoms with Crippen LogP contribution in [-0.4, -0.2) is 40.4 Å². The van der Waals surface area contributed by atoms with Crippen LogP contribution in [0.4, 0.5) is 11.5 Å². The highest BCUT2D eigenvalue weighted by Crippen LogP contribution is 2.34. The molecule has 0 spiro atoms. The molecule has 0 saturated heterocycles. The van der Waals surface area contributed by atoms with Crippen molar-refractivity contribution in [3.63, 3.8) is 0 Å². The van der Waals surface area contributed by atoms with Gasteiger partial charge in [0.15, 0.2) is 5.82 Å². The molecule has 0 atom stereocenters. The Morgan fingerprint density at radius 1 is 0.972 bits per heavy atom. The van der Waals surface area contributed by atoms with Crippen LogP contribution < -0.4 is 15.4 Å². The highest BCUT2D eigenvalue weighted by molar-refractivity contribution is 7.99. The minimum atomic E-state index is 0.698. The van der Waals surface area contributed by atoms with E-state index in [0.29, 0.717) is 5.75 Å². The van der Waals surface area contributed by atoms with Crippen molar-refractivity contribution < 1.29 is 4.74 Å². The number of nitrogens with one attached hydrogen (secondary N) is 2. The molecule has 7 nitrogen and oxygen atoms in total. The molecule has 2 N–H and O–H groups in total. The second-order valence-corrected chi connectivity index (χ2v) is 9.55. The topological polar surface area (TPSA) is 84.8 Å². The van der Waals surface area contributed by atoms with Gasteiger partial charge in [-0.15, -0.1) is 10.2 Å². The summed E-state index contributed by atoms with van der Waals surface area (Å²) in [7, 11) is 1.63. The maximum Gasteiger partial charge on any atom is 0.161 e. The van der Waals surface area contributed by atoms with Gasteiger partial charge in [-0.25, -0.2) is 4.98 Å². The highest BCUT2D eigenvalue weighted by atomic mass is 32.2. The lowest BCUT2D eigenvalue weighted by atomic mass is 10.0. The molecule has 1 aliphatic rings. The average molecular weight is 493 g/mol. The molecule has 2 aromatic carbocycles. The quantitative estimate of drug-likeness (QED) is 0.305. The lowest BCUT2D eigenvalue weighted by molar-refractivity contribution is 0.413. The van der Waals surface area contributed by atoms with E-state index in [9.17, 15) is 0 Å². The van der Waals surface area contributed by atoms with Gasteiger partial charge in [0.25, 0.3) is 0 Å². The zero-order valence-corrected chi connectivity index (χ0v) is 20.5. The fourth-order valence-electron chi connectivity index (χ4n) is 4.32. The van der Waals surface area contributed by atoms with Gasteiger partial charge in [0.2, 0.25) is 0 Å². The van der Waals surface area contributed by atoms with E-state index in [-0.39, 0.29) is 0 Å². The molecule has 0 amide bonds. The molecule has 5 aromatic rings. The molecule has 4 heterocycles. The molecule has 0 saturated carbocycles. The number of anilines is 2. The van der Waals surface area contributed by atoms with E-state index in [0.717, 1.165) is 68.3 Å². The summed E-state index contributed by atoms with van der Waals surface area (Å²) in [6, 6.07) is 20.5. The Morgan fingerprint density at radius 3 is 2.64 bits per heavy atom. The Kier molecular flexibility index (Phi) is 6.19. The normalized spacial score (nSPS) is 13.5. The Hall–Kier alpha value is -4.01. The van der Waals surface area contributed by atoms with Crippen LogP contribution >= 0.6 is 11.8 Å². The third kappa shape index (κ3) is 4.48. The maximum atomic E-state index is 5.28. The van der Waals surface area contributed by atoms with E-state index in [1.165, 1.54) is 5.57 Å². The van der Waals surface area contributed by atoms with Gasteiger partial charge >= 0.3 is 0 Å². The summed E-state index contributed by atoms with van der Waals surface area (Å²) in [5.41, 5.74) is 4.85. The number of fused-ring (bicyclic) bond motifs is 2. The summed E-state index contributed by atoms with van der Waals surface area (Å²) in [4.78, 5) is 11.1. The number of methoxy groups -OCH3 is 1. The summed E-state index contributed by atoms with van der Waals surface area (Å²) in [5, 5.41) is 18.2. The van der Waals surface area contributed by atoms with Crippen molar-refractivity contribution in [3.8, 4) is 5.75 Å². The largest absolute Gasteiger partial charge is 0.495 e. The van der Waals surface area contributed by atoms with E-state index in [4.69, 9.17) is 4.74 Å². The van der Waals surface area contributed by atoms with E-state index < -0.39 is 0 Å². The van der Waals surface area contributed by atoms with Crippen molar-refractivity contribution >= 4 is 50.6 Å². The number of nitrogens with zero attached hydrogens (tertiary/aromatic N) is 4. The summed E-state index contributed by atoms with van der Waals surface area (Å²) >= 11 is 1.66. The summed E-state index contributed by atoms with van der Waals surface area (Å²) < 4.78 is 5.28. The lowest BCUT2D eigenvalue weighted by Crippen LogP contribution is -2.20. The zero-order valence-electron chi connectivity index (χ0n) is 19.7. The van der Waals surface area contributed by atoms with Gasteiger partial charge in [0, 0.05) is 45.1 Å². The van der Waals surface area contributed by atoms with Crippen LogP contribution in [0.2, 0.25) is 0 Å². The monoisotopic (exact) mass is 492 g/mol. The molecule has 8 heteroatoms. The van der Waals surface area contributed by atoms with Crippen LogP contribution in [0.3, 0.4) is 0 Å². The molecule has 0 aliphatic carbocycles. The zero-order chi connectivity index (χ0) is 24.3. The van der Waals surface area contributed by atoms with E-state index in [1.807, 2.05) is 18.2 Å². The predicted molar refractivity (Wildman–Crippen MR) is 145 cm³/mol. The van der Waals surface area contributed by atoms with Crippen LogP contribution in [0, 0.1) is 0 Å². The van der Waals surface area contributed by atoms with E-state index >= 15 is 0 Å². The molecule has 1 aliphatic heterocycles. The second-order valence-electron chi connectivity index (χ2n) is 8.43. The summed E-state index contributed by atoms with van der Waals surface area (Å²) in [5.74, 6) is 1.45. The fraction of sp³-hybridized carbons (Fsp3) is 0.143. The Balaban J connectivity index is 1.25. The number of hydrogen-bond acceptors (Lipinski definition) is 8. The van der Waals surface area contributed by atoms with E-state index in [2.05, 4.69) is 79.3 Å². The van der Waals surface area contributed by atoms with Crippen molar-refractivity contribution in [2.75, 3.05) is 25.5 Å². The molecular formula is C28H24N6OS. The minimum absolute atomic E-state index is 0.698. The first-order valence-corrected chi connectivity index (χ1v) is 12.6. The van der Waals surface area contributed by atoms with Gasteiger partial charge in [0.05, 0.1) is 24.5 Å². The molecule has 178 valence electrons. The van der Waals surface area contributed by atoms with Crippen LogP contribution in [0.15, 0.2) is 88.9 Å². The number of benzene rings is 2. The van der Waals surface area contributed by atoms with Crippen molar-refractivity contribution in [1.82, 2.24) is 25.5 Å². The third-order valence-electron chi connectivity index (χ3n) is 6.15. The summed E-state index contributed by atoms with van der Waals surface area (Å²) in [6.45, 7) is 1.83. The van der Waals surface area contributed by atoms with Crippen molar-refractivity contribution in [2.45, 2.75) is 16.2 Å². The second kappa shape index (κ2) is 9.93. The Morgan fingerprint density at radius 2 is 1.83 bits per heavy atom. The van der Waals surface area contributed by atoms with Gasteiger partial charge in [-0.05, 0) is 48.9 Å². The van der Waals surface area contributed by atoms with Crippen molar-refractivity contribution in [2.24, 2.45) is 0 Å². The first kappa shape index (κ1) is 22.5. The summed E-state index contributed by atoms with van der Waals surface area (Å²) in [6.07, 6.45) is 6.69. The van der Waals surface area contributed by atoms with Gasteiger partial charge < -0.3 is 15.4 Å². The standard InChI is InChI=1S/C28H24N6OS/c1-35-20-16-24-27(31-17-20)25(12-15-30-24)36-21-8-6-19(7-9-21)32-28-23-5-3-2-4-22(23)26(33-34-28)18-10-13-29-14-11-18/h2-10,12,15-17,29H,11,13-14H2,1H3,(H,32,34). The molecule has 0 fully saturated rings. The van der Waals surface area contributed by atoms with Crippen LogP contribution in [-0.2, 0) is 0 Å². The van der Waals surface area contributed by atoms with Crippen LogP contribution in [0.5, 0.6) is 5.75 Å². The molecule has 0 unspecified atom stereocenters. The Labute approximate surface area is 213 Å². The number of ether oxygens (including phenoxy) is 1. The predicted octanol–water partition coefficient (Wildman–Crippen LogP) is 5.85. The van der Waals surface area contributed by atoms with Crippen molar-refractivity contribution in [3.05, 3.63) is 84.8 Å². The average Bonchev–Trinajstić information content (AvgIpc) is 2.94. The minimum Gasteiger partial charge on any atom is -0.495 e. The third-order valence-corrected chi connectivity index (χ3v) is 7.21. The van der Waals surface area contributed by atoms with E-state index in [1.54, 1.807) is 31.3 Å². The smallest absolute Gasteiger partial charge is 0.161 e. The number of rotatable bonds is 6. The first-order chi connectivity index (χ1) is 17.8. The van der Waals surface area contributed by atoms with Crippen molar-refractivity contribution in [1.29, 1.82) is 0 Å². The lowest BCUT2D eigenvalue weighted by Gasteiger charge is -2.16. The Bertz CT molecular complexity index is 1590. The molecule has 0 radical (unpaired) electrons. The number of aromatic nitrogens is 4. The highest BCUT2D eigenvalue weighted by Gasteiger charge is 2.14. The maximum absolute atomic E-state index is 5.28. The number of pyridine rings is 2. The van der Waals surface area contributed by atoms with Gasteiger partial charge in [-0.3, -0.25) is 4.98 Å². The molecule has 6 rings (SSSR count). The molecule has 3 aromatic heterocycles.